The van der Waals surface area contributed by atoms with Crippen molar-refractivity contribution in [2.24, 2.45) is 0 Å². The molecule has 142 valence electrons. The van der Waals surface area contributed by atoms with Crippen molar-refractivity contribution in [2.75, 3.05) is 26.7 Å². The van der Waals surface area contributed by atoms with Gasteiger partial charge in [-0.15, -0.1) is 0 Å². The molecule has 0 amide bonds. The predicted molar refractivity (Wildman–Crippen MR) is 106 cm³/mol. The van der Waals surface area contributed by atoms with Gasteiger partial charge in [0, 0.05) is 18.5 Å². The highest BCUT2D eigenvalue weighted by Gasteiger charge is 2.53. The third kappa shape index (κ3) is 2.62. The molecular weight excluding hydrogens is 336 g/mol. The molecule has 1 fully saturated rings. The Kier molecular flexibility index (Phi) is 4.23. The average molecular weight is 364 g/mol. The SMILES string of the molecule is COc1ccc2c(c1)CCN([C@@H]1c3ccccc3C3(CCNCC3)[C@H]1O)C2. The van der Waals surface area contributed by atoms with E-state index in [4.69, 9.17) is 4.74 Å². The van der Waals surface area contributed by atoms with Gasteiger partial charge in [0.15, 0.2) is 0 Å². The number of ether oxygens (including phenoxy) is 1. The maximum atomic E-state index is 11.6. The molecule has 2 aromatic carbocycles. The van der Waals surface area contributed by atoms with Crippen LogP contribution in [0.15, 0.2) is 42.5 Å². The highest BCUT2D eigenvalue weighted by molar-refractivity contribution is 5.46. The Labute approximate surface area is 161 Å². The van der Waals surface area contributed by atoms with E-state index in [-0.39, 0.29) is 17.6 Å². The van der Waals surface area contributed by atoms with Crippen molar-refractivity contribution < 1.29 is 9.84 Å². The maximum absolute atomic E-state index is 11.6. The van der Waals surface area contributed by atoms with Crippen molar-refractivity contribution >= 4 is 0 Å². The van der Waals surface area contributed by atoms with Gasteiger partial charge in [0.2, 0.25) is 0 Å². The van der Waals surface area contributed by atoms with Crippen LogP contribution >= 0.6 is 0 Å². The molecule has 2 heterocycles. The zero-order valence-corrected chi connectivity index (χ0v) is 15.9. The average Bonchev–Trinajstić information content (AvgIpc) is 2.96. The van der Waals surface area contributed by atoms with E-state index < -0.39 is 0 Å². The molecule has 1 saturated heterocycles. The molecule has 0 saturated carbocycles. The second-order valence-electron chi connectivity index (χ2n) is 8.24. The highest BCUT2D eigenvalue weighted by atomic mass is 16.5. The molecule has 2 N–H and O–H groups in total. The molecule has 1 spiro atoms. The lowest BCUT2D eigenvalue weighted by Crippen LogP contribution is -2.49. The maximum Gasteiger partial charge on any atom is 0.119 e. The fraction of sp³-hybridized carbons (Fsp3) is 0.478. The highest BCUT2D eigenvalue weighted by Crippen LogP contribution is 2.52. The first-order valence-electron chi connectivity index (χ1n) is 10.1. The number of hydrogen-bond acceptors (Lipinski definition) is 4. The third-order valence-corrected chi connectivity index (χ3v) is 7.03. The van der Waals surface area contributed by atoms with Gasteiger partial charge in [0.05, 0.1) is 19.3 Å². The number of piperidine rings is 1. The summed E-state index contributed by atoms with van der Waals surface area (Å²) >= 11 is 0. The van der Waals surface area contributed by atoms with E-state index >= 15 is 0 Å². The van der Waals surface area contributed by atoms with E-state index in [1.165, 1.54) is 22.3 Å². The summed E-state index contributed by atoms with van der Waals surface area (Å²) in [5, 5.41) is 15.0. The molecule has 0 aromatic heterocycles. The first-order chi connectivity index (χ1) is 13.2. The van der Waals surface area contributed by atoms with Crippen molar-refractivity contribution in [2.45, 2.75) is 43.4 Å². The molecule has 0 radical (unpaired) electrons. The van der Waals surface area contributed by atoms with Crippen molar-refractivity contribution in [1.82, 2.24) is 10.2 Å². The van der Waals surface area contributed by atoms with E-state index in [1.54, 1.807) is 7.11 Å². The number of nitrogens with one attached hydrogen (secondary N) is 1. The minimum Gasteiger partial charge on any atom is -0.497 e. The second-order valence-corrected chi connectivity index (χ2v) is 8.24. The van der Waals surface area contributed by atoms with Crippen molar-refractivity contribution in [3.05, 3.63) is 64.7 Å². The van der Waals surface area contributed by atoms with Crippen molar-refractivity contribution in [3.8, 4) is 5.75 Å². The van der Waals surface area contributed by atoms with E-state index in [0.717, 1.165) is 51.2 Å². The molecule has 27 heavy (non-hydrogen) atoms. The lowest BCUT2D eigenvalue weighted by atomic mass is 9.72. The first-order valence-corrected chi connectivity index (χ1v) is 10.1. The zero-order valence-electron chi connectivity index (χ0n) is 15.9. The van der Waals surface area contributed by atoms with Gasteiger partial charge in [0.1, 0.15) is 5.75 Å². The van der Waals surface area contributed by atoms with Crippen LogP contribution < -0.4 is 10.1 Å². The number of fused-ring (bicyclic) bond motifs is 3. The lowest BCUT2D eigenvalue weighted by Gasteiger charge is -2.42. The molecule has 2 aliphatic heterocycles. The molecule has 0 bridgehead atoms. The van der Waals surface area contributed by atoms with Crippen LogP contribution in [0.25, 0.3) is 0 Å². The largest absolute Gasteiger partial charge is 0.497 e. The van der Waals surface area contributed by atoms with Gasteiger partial charge in [-0.3, -0.25) is 4.90 Å². The first kappa shape index (κ1) is 17.2. The van der Waals surface area contributed by atoms with E-state index in [1.807, 2.05) is 0 Å². The number of aliphatic hydroxyl groups excluding tert-OH is 1. The number of methoxy groups -OCH3 is 1. The number of aliphatic hydroxyl groups is 1. The summed E-state index contributed by atoms with van der Waals surface area (Å²) < 4.78 is 5.39. The van der Waals surface area contributed by atoms with Gasteiger partial charge in [-0.05, 0) is 66.7 Å². The molecule has 2 aromatic rings. The Bertz CT molecular complexity index is 844. The molecule has 4 nitrogen and oxygen atoms in total. The number of rotatable bonds is 2. The number of hydrogen-bond donors (Lipinski definition) is 2. The smallest absolute Gasteiger partial charge is 0.119 e. The van der Waals surface area contributed by atoms with Crippen LogP contribution in [0.3, 0.4) is 0 Å². The lowest BCUT2D eigenvalue weighted by molar-refractivity contribution is -0.00668. The molecule has 3 aliphatic rings. The monoisotopic (exact) mass is 364 g/mol. The van der Waals surface area contributed by atoms with Crippen LogP contribution in [-0.2, 0) is 18.4 Å². The molecule has 2 atom stereocenters. The minimum absolute atomic E-state index is 0.0906. The minimum atomic E-state index is -0.336. The Morgan fingerprint density at radius 3 is 2.74 bits per heavy atom. The summed E-state index contributed by atoms with van der Waals surface area (Å²) in [6.07, 6.45) is 2.70. The summed E-state index contributed by atoms with van der Waals surface area (Å²) in [6, 6.07) is 15.3. The van der Waals surface area contributed by atoms with Crippen LogP contribution in [0.1, 0.15) is 41.1 Å². The van der Waals surface area contributed by atoms with Gasteiger partial charge in [0.25, 0.3) is 0 Å². The van der Waals surface area contributed by atoms with Crippen LogP contribution in [0.5, 0.6) is 5.75 Å². The summed E-state index contributed by atoms with van der Waals surface area (Å²) in [7, 11) is 1.72. The number of nitrogens with zero attached hydrogens (tertiary/aromatic N) is 1. The van der Waals surface area contributed by atoms with Gasteiger partial charge < -0.3 is 15.2 Å². The fourth-order valence-electron chi connectivity index (χ4n) is 5.59. The molecule has 4 heteroatoms. The van der Waals surface area contributed by atoms with Gasteiger partial charge in [-0.25, -0.2) is 0 Å². The van der Waals surface area contributed by atoms with Crippen LogP contribution in [0.4, 0.5) is 0 Å². The summed E-state index contributed by atoms with van der Waals surface area (Å²) in [6.45, 7) is 3.84. The van der Waals surface area contributed by atoms with Gasteiger partial charge in [-0.2, -0.15) is 0 Å². The predicted octanol–water partition coefficient (Wildman–Crippen LogP) is 2.79. The Morgan fingerprint density at radius 2 is 1.93 bits per heavy atom. The summed E-state index contributed by atoms with van der Waals surface area (Å²) in [5.41, 5.74) is 5.36. The third-order valence-electron chi connectivity index (χ3n) is 7.03. The number of benzene rings is 2. The van der Waals surface area contributed by atoms with Crippen molar-refractivity contribution in [1.29, 1.82) is 0 Å². The van der Waals surface area contributed by atoms with E-state index in [0.29, 0.717) is 0 Å². The quantitative estimate of drug-likeness (QED) is 0.860. The van der Waals surface area contributed by atoms with Gasteiger partial charge >= 0.3 is 0 Å². The standard InChI is InChI=1S/C23H28N2O2/c1-27-18-7-6-17-15-25(13-8-16(17)14-18)21-19-4-2-3-5-20(19)23(22(21)26)9-11-24-12-10-23/h2-7,14,21-22,24,26H,8-13,15H2,1H3/t21-,22+/m1/s1. The van der Waals surface area contributed by atoms with Crippen molar-refractivity contribution in [3.63, 3.8) is 0 Å². The molecule has 0 unspecified atom stereocenters. The summed E-state index contributed by atoms with van der Waals surface area (Å²) in [5.74, 6) is 0.933. The molecular formula is C23H28N2O2. The summed E-state index contributed by atoms with van der Waals surface area (Å²) in [4.78, 5) is 2.50. The Balaban J connectivity index is 1.50. The zero-order chi connectivity index (χ0) is 18.4. The topological polar surface area (TPSA) is 44.7 Å². The van der Waals surface area contributed by atoms with Crippen LogP contribution in [-0.4, -0.2) is 42.9 Å². The van der Waals surface area contributed by atoms with E-state index in [9.17, 15) is 5.11 Å². The Hall–Kier alpha value is -1.88. The normalized spacial score (nSPS) is 26.6. The van der Waals surface area contributed by atoms with Crippen LogP contribution in [0.2, 0.25) is 0 Å². The fourth-order valence-corrected chi connectivity index (χ4v) is 5.59. The molecule has 1 aliphatic carbocycles. The van der Waals surface area contributed by atoms with Crippen LogP contribution in [0, 0.1) is 0 Å². The van der Waals surface area contributed by atoms with Gasteiger partial charge in [-0.1, -0.05) is 30.3 Å². The Morgan fingerprint density at radius 1 is 1.11 bits per heavy atom. The van der Waals surface area contributed by atoms with E-state index in [2.05, 4.69) is 52.7 Å². The second kappa shape index (κ2) is 6.62. The molecule has 5 rings (SSSR count).